The molecule has 1 heterocycles. The first kappa shape index (κ1) is 14.7. The Hall–Kier alpha value is -1.75. The van der Waals surface area contributed by atoms with Gasteiger partial charge in [0.05, 0.1) is 13.0 Å². The maximum atomic E-state index is 12.8. The van der Waals surface area contributed by atoms with Crippen LogP contribution in [0.25, 0.3) is 0 Å². The number of amides is 1. The Morgan fingerprint density at radius 3 is 2.65 bits per heavy atom. The van der Waals surface area contributed by atoms with Gasteiger partial charge in [0.25, 0.3) is 0 Å². The molecule has 1 amide bonds. The van der Waals surface area contributed by atoms with E-state index in [1.54, 1.807) is 35.4 Å². The molecule has 106 valence electrons. The van der Waals surface area contributed by atoms with E-state index in [1.165, 1.54) is 17.0 Å². The number of rotatable bonds is 5. The maximum Gasteiger partial charge on any atom is 0.227 e. The molecule has 0 aliphatic rings. The second kappa shape index (κ2) is 6.61. The molecule has 0 aliphatic heterocycles. The quantitative estimate of drug-likeness (QED) is 0.848. The Morgan fingerprint density at radius 1 is 1.35 bits per heavy atom. The van der Waals surface area contributed by atoms with Crippen molar-refractivity contribution in [3.8, 4) is 0 Å². The normalized spacial score (nSPS) is 10.6. The highest BCUT2D eigenvalue weighted by Crippen LogP contribution is 2.15. The van der Waals surface area contributed by atoms with Crippen LogP contribution >= 0.6 is 11.3 Å². The van der Waals surface area contributed by atoms with Crippen molar-refractivity contribution in [2.24, 2.45) is 0 Å². The molecule has 0 saturated carbocycles. The average Bonchev–Trinajstić information content (AvgIpc) is 2.89. The number of hydrogen-bond acceptors (Lipinski definition) is 3. The highest BCUT2D eigenvalue weighted by atomic mass is 32.1. The minimum absolute atomic E-state index is 0.00450. The predicted molar refractivity (Wildman–Crippen MR) is 78.1 cm³/mol. The van der Waals surface area contributed by atoms with Gasteiger partial charge in [-0.3, -0.25) is 4.79 Å². The molecule has 5 heteroatoms. The first-order valence-electron chi connectivity index (χ1n) is 6.50. The molecule has 0 radical (unpaired) electrons. The van der Waals surface area contributed by atoms with Crippen molar-refractivity contribution < 1.29 is 9.18 Å². The zero-order valence-corrected chi connectivity index (χ0v) is 12.4. The summed E-state index contributed by atoms with van der Waals surface area (Å²) in [6, 6.07) is 6.02. The lowest BCUT2D eigenvalue weighted by atomic mass is 10.1. The molecule has 0 fully saturated rings. The molecule has 20 heavy (non-hydrogen) atoms. The Balaban J connectivity index is 1.93. The van der Waals surface area contributed by atoms with Crippen LogP contribution in [-0.2, 0) is 24.2 Å². The van der Waals surface area contributed by atoms with Crippen LogP contribution in [0.15, 0.2) is 30.5 Å². The molecule has 0 aliphatic carbocycles. The van der Waals surface area contributed by atoms with Crippen molar-refractivity contribution >= 4 is 17.2 Å². The summed E-state index contributed by atoms with van der Waals surface area (Å²) in [6.07, 6.45) is 3.10. The number of carbonyl (C=O) groups excluding carboxylic acids is 1. The monoisotopic (exact) mass is 292 g/mol. The van der Waals surface area contributed by atoms with Crippen LogP contribution in [0, 0.1) is 5.82 Å². The summed E-state index contributed by atoms with van der Waals surface area (Å²) in [6.45, 7) is 2.60. The van der Waals surface area contributed by atoms with Crippen LogP contribution < -0.4 is 0 Å². The average molecular weight is 292 g/mol. The zero-order chi connectivity index (χ0) is 14.5. The number of aryl methyl sites for hydroxylation is 1. The third-order valence-corrected chi connectivity index (χ3v) is 4.14. The molecule has 0 saturated heterocycles. The summed E-state index contributed by atoms with van der Waals surface area (Å²) >= 11 is 1.63. The van der Waals surface area contributed by atoms with E-state index in [0.717, 1.165) is 17.0 Å². The molecular formula is C15H17FN2OS. The summed E-state index contributed by atoms with van der Waals surface area (Å²) in [5.41, 5.74) is 0.816. The molecule has 0 bridgehead atoms. The number of aromatic nitrogens is 1. The molecule has 0 atom stereocenters. The van der Waals surface area contributed by atoms with Gasteiger partial charge in [-0.1, -0.05) is 19.1 Å². The SMILES string of the molecule is CCc1cnc(CN(C)C(=O)Cc2ccc(F)cc2)s1. The second-order valence-corrected chi connectivity index (χ2v) is 5.83. The van der Waals surface area contributed by atoms with Gasteiger partial charge >= 0.3 is 0 Å². The largest absolute Gasteiger partial charge is 0.339 e. The van der Waals surface area contributed by atoms with Gasteiger partial charge in [0.15, 0.2) is 0 Å². The van der Waals surface area contributed by atoms with Crippen LogP contribution in [0.3, 0.4) is 0 Å². The van der Waals surface area contributed by atoms with Gasteiger partial charge in [0.2, 0.25) is 5.91 Å². The summed E-state index contributed by atoms with van der Waals surface area (Å²) in [4.78, 5) is 19.3. The summed E-state index contributed by atoms with van der Waals surface area (Å²) < 4.78 is 12.8. The van der Waals surface area contributed by atoms with Gasteiger partial charge in [-0.05, 0) is 24.1 Å². The molecule has 0 N–H and O–H groups in total. The minimum Gasteiger partial charge on any atom is -0.339 e. The maximum absolute atomic E-state index is 12.8. The summed E-state index contributed by atoms with van der Waals surface area (Å²) in [5.74, 6) is -0.283. The van der Waals surface area contributed by atoms with E-state index in [1.807, 2.05) is 6.20 Å². The number of halogens is 1. The Labute approximate surface area is 122 Å². The van der Waals surface area contributed by atoms with Crippen LogP contribution in [0.5, 0.6) is 0 Å². The highest BCUT2D eigenvalue weighted by molar-refractivity contribution is 7.11. The topological polar surface area (TPSA) is 33.2 Å². The predicted octanol–water partition coefficient (Wildman–Crippen LogP) is 3.05. The van der Waals surface area contributed by atoms with Crippen molar-refractivity contribution in [1.29, 1.82) is 0 Å². The molecule has 1 aromatic carbocycles. The van der Waals surface area contributed by atoms with Crippen molar-refractivity contribution in [3.63, 3.8) is 0 Å². The highest BCUT2D eigenvalue weighted by Gasteiger charge is 2.12. The lowest BCUT2D eigenvalue weighted by Crippen LogP contribution is -2.27. The van der Waals surface area contributed by atoms with E-state index in [9.17, 15) is 9.18 Å². The first-order valence-corrected chi connectivity index (χ1v) is 7.32. The van der Waals surface area contributed by atoms with E-state index in [4.69, 9.17) is 0 Å². The van der Waals surface area contributed by atoms with E-state index < -0.39 is 0 Å². The van der Waals surface area contributed by atoms with Crippen molar-refractivity contribution in [2.45, 2.75) is 26.3 Å². The number of thiazole rings is 1. The molecule has 2 rings (SSSR count). The smallest absolute Gasteiger partial charge is 0.227 e. The third kappa shape index (κ3) is 3.87. The van der Waals surface area contributed by atoms with E-state index >= 15 is 0 Å². The number of carbonyl (C=O) groups is 1. The van der Waals surface area contributed by atoms with Crippen molar-refractivity contribution in [3.05, 3.63) is 51.7 Å². The number of hydrogen-bond donors (Lipinski definition) is 0. The zero-order valence-electron chi connectivity index (χ0n) is 11.6. The first-order chi connectivity index (χ1) is 9.58. The minimum atomic E-state index is -0.288. The van der Waals surface area contributed by atoms with Gasteiger partial charge in [-0.15, -0.1) is 11.3 Å². The molecule has 1 aromatic heterocycles. The molecule has 0 spiro atoms. The van der Waals surface area contributed by atoms with Crippen molar-refractivity contribution in [2.75, 3.05) is 7.05 Å². The summed E-state index contributed by atoms with van der Waals surface area (Å²) in [7, 11) is 1.76. The number of nitrogens with zero attached hydrogens (tertiary/aromatic N) is 2. The Kier molecular flexibility index (Phi) is 4.84. The lowest BCUT2D eigenvalue weighted by Gasteiger charge is -2.15. The van der Waals surface area contributed by atoms with Gasteiger partial charge in [0.1, 0.15) is 10.8 Å². The number of likely N-dealkylation sites (N-methyl/N-ethyl adjacent to an activating group) is 1. The molecular weight excluding hydrogens is 275 g/mol. The standard InChI is InChI=1S/C15H17FN2OS/c1-3-13-9-17-14(20-13)10-18(2)15(19)8-11-4-6-12(16)7-5-11/h4-7,9H,3,8,10H2,1-2H3. The van der Waals surface area contributed by atoms with Gasteiger partial charge < -0.3 is 4.90 Å². The summed E-state index contributed by atoms with van der Waals surface area (Å²) in [5, 5.41) is 0.941. The fourth-order valence-corrected chi connectivity index (χ4v) is 2.70. The Bertz CT molecular complexity index is 580. The van der Waals surface area contributed by atoms with Crippen LogP contribution in [0.1, 0.15) is 22.4 Å². The van der Waals surface area contributed by atoms with Gasteiger partial charge in [-0.2, -0.15) is 0 Å². The van der Waals surface area contributed by atoms with Crippen LogP contribution in [0.2, 0.25) is 0 Å². The van der Waals surface area contributed by atoms with Crippen LogP contribution in [0.4, 0.5) is 4.39 Å². The van der Waals surface area contributed by atoms with E-state index in [2.05, 4.69) is 11.9 Å². The van der Waals surface area contributed by atoms with E-state index in [0.29, 0.717) is 6.54 Å². The fourth-order valence-electron chi connectivity index (χ4n) is 1.79. The van der Waals surface area contributed by atoms with E-state index in [-0.39, 0.29) is 18.1 Å². The second-order valence-electron chi connectivity index (χ2n) is 4.63. The van der Waals surface area contributed by atoms with Gasteiger partial charge in [-0.25, -0.2) is 9.37 Å². The molecule has 3 nitrogen and oxygen atoms in total. The molecule has 0 unspecified atom stereocenters. The lowest BCUT2D eigenvalue weighted by molar-refractivity contribution is -0.129. The Morgan fingerprint density at radius 2 is 2.05 bits per heavy atom. The molecule has 2 aromatic rings. The fraction of sp³-hybridized carbons (Fsp3) is 0.333. The number of benzene rings is 1. The van der Waals surface area contributed by atoms with Gasteiger partial charge in [0, 0.05) is 18.1 Å². The van der Waals surface area contributed by atoms with Crippen LogP contribution in [-0.4, -0.2) is 22.8 Å². The van der Waals surface area contributed by atoms with Crippen molar-refractivity contribution in [1.82, 2.24) is 9.88 Å². The third-order valence-electron chi connectivity index (χ3n) is 3.02.